The maximum absolute atomic E-state index is 12.5. The average Bonchev–Trinajstić information content (AvgIpc) is 2.60. The summed E-state index contributed by atoms with van der Waals surface area (Å²) in [5, 5.41) is 2.40. The summed E-state index contributed by atoms with van der Waals surface area (Å²) in [4.78, 5) is 12.3. The van der Waals surface area contributed by atoms with Gasteiger partial charge in [0.2, 0.25) is 10.0 Å². The van der Waals surface area contributed by atoms with Gasteiger partial charge in [-0.2, -0.15) is 13.2 Å². The number of carbonyl (C=O) groups is 1. The third-order valence-corrected chi connectivity index (χ3v) is 5.32. The average molecular weight is 457 g/mol. The van der Waals surface area contributed by atoms with Gasteiger partial charge in [0.25, 0.3) is 5.91 Å². The number of rotatable bonds is 6. The molecule has 0 unspecified atom stereocenters. The molecule has 0 aliphatic rings. The molecule has 0 aromatic heterocycles. The first-order valence-electron chi connectivity index (χ1n) is 7.46. The number of ether oxygens (including phenoxy) is 1. The largest absolute Gasteiger partial charge is 0.482 e. The molecule has 12 heteroatoms. The Labute approximate surface area is 168 Å². The molecule has 0 aliphatic carbocycles. The molecule has 0 fully saturated rings. The summed E-state index contributed by atoms with van der Waals surface area (Å²) in [6, 6.07) is 7.07. The number of carbonyl (C=O) groups excluding carboxylic acids is 1. The maximum atomic E-state index is 12.5. The van der Waals surface area contributed by atoms with Crippen molar-refractivity contribution in [2.24, 2.45) is 0 Å². The van der Waals surface area contributed by atoms with Gasteiger partial charge in [-0.3, -0.25) is 4.79 Å². The van der Waals surface area contributed by atoms with Gasteiger partial charge in [0.15, 0.2) is 6.61 Å². The predicted octanol–water partition coefficient (Wildman–Crippen LogP) is 4.09. The van der Waals surface area contributed by atoms with E-state index in [2.05, 4.69) is 14.8 Å². The molecule has 0 spiro atoms. The minimum Gasteiger partial charge on any atom is -0.482 e. The van der Waals surface area contributed by atoms with Crippen molar-refractivity contribution in [1.29, 1.82) is 0 Å². The molecule has 0 saturated heterocycles. The summed E-state index contributed by atoms with van der Waals surface area (Å²) >= 11 is 11.8. The molecule has 0 bridgehead atoms. The molecule has 2 aromatic rings. The van der Waals surface area contributed by atoms with E-state index in [1.807, 2.05) is 0 Å². The molecule has 6 nitrogen and oxygen atoms in total. The molecular weight excluding hydrogens is 444 g/mol. The number of amides is 1. The van der Waals surface area contributed by atoms with E-state index in [4.69, 9.17) is 23.2 Å². The summed E-state index contributed by atoms with van der Waals surface area (Å²) in [7, 11) is -2.65. The van der Waals surface area contributed by atoms with Gasteiger partial charge in [-0.1, -0.05) is 23.2 Å². The highest BCUT2D eigenvalue weighted by molar-refractivity contribution is 7.89. The van der Waals surface area contributed by atoms with Crippen molar-refractivity contribution in [3.8, 4) is 5.75 Å². The molecule has 0 heterocycles. The Morgan fingerprint density at radius 1 is 1.14 bits per heavy atom. The number of sulfonamides is 1. The Balaban J connectivity index is 2.35. The summed E-state index contributed by atoms with van der Waals surface area (Å²) < 4.78 is 67.8. The topological polar surface area (TPSA) is 84.5 Å². The van der Waals surface area contributed by atoms with E-state index in [0.29, 0.717) is 0 Å². The van der Waals surface area contributed by atoms with E-state index in [1.54, 1.807) is 0 Å². The van der Waals surface area contributed by atoms with Crippen LogP contribution in [0.1, 0.15) is 10.4 Å². The smallest absolute Gasteiger partial charge is 0.422 e. The molecule has 0 saturated carbocycles. The fourth-order valence-corrected chi connectivity index (χ4v) is 3.17. The predicted molar refractivity (Wildman–Crippen MR) is 98.7 cm³/mol. The molecular formula is C16H13Cl2F3N2O4S. The molecule has 1 amide bonds. The van der Waals surface area contributed by atoms with Crippen molar-refractivity contribution in [3.05, 3.63) is 52.0 Å². The lowest BCUT2D eigenvalue weighted by Crippen LogP contribution is -2.21. The second-order valence-corrected chi connectivity index (χ2v) is 8.08. The summed E-state index contributed by atoms with van der Waals surface area (Å²) in [6.45, 7) is -1.58. The van der Waals surface area contributed by atoms with Crippen LogP contribution in [0.25, 0.3) is 0 Å². The lowest BCUT2D eigenvalue weighted by Gasteiger charge is -2.15. The van der Waals surface area contributed by atoms with Gasteiger partial charge >= 0.3 is 6.18 Å². The highest BCUT2D eigenvalue weighted by Crippen LogP contribution is 2.31. The van der Waals surface area contributed by atoms with Gasteiger partial charge in [0.1, 0.15) is 5.75 Å². The number of anilines is 1. The highest BCUT2D eigenvalue weighted by atomic mass is 35.5. The normalized spacial score (nSPS) is 11.9. The van der Waals surface area contributed by atoms with E-state index < -0.39 is 28.7 Å². The molecule has 0 aliphatic heterocycles. The SMILES string of the molecule is CNS(=O)(=O)c1ccc(Cl)c(C(=O)Nc2cc(Cl)ccc2OCC(F)(F)F)c1. The zero-order chi connectivity index (χ0) is 21.1. The number of hydrogen-bond acceptors (Lipinski definition) is 4. The van der Waals surface area contributed by atoms with Crippen LogP contribution in [0.5, 0.6) is 5.75 Å². The van der Waals surface area contributed by atoms with Crippen molar-refractivity contribution < 1.29 is 31.1 Å². The standard InChI is InChI=1S/C16H13Cl2F3N2O4S/c1-22-28(25,26)10-3-4-12(18)11(7-10)15(24)23-13-6-9(17)2-5-14(13)27-8-16(19,20)21/h2-7,22H,8H2,1H3,(H,23,24). The molecule has 2 rings (SSSR count). The first-order chi connectivity index (χ1) is 12.9. The Bertz CT molecular complexity index is 998. The van der Waals surface area contributed by atoms with E-state index in [1.165, 1.54) is 31.3 Å². The Hall–Kier alpha value is -2.01. The fourth-order valence-electron chi connectivity index (χ4n) is 2.04. The molecule has 0 radical (unpaired) electrons. The number of halogens is 5. The second-order valence-electron chi connectivity index (χ2n) is 5.35. The summed E-state index contributed by atoms with van der Waals surface area (Å²) in [6.07, 6.45) is -4.58. The zero-order valence-electron chi connectivity index (χ0n) is 14.1. The van der Waals surface area contributed by atoms with Crippen LogP contribution in [0.2, 0.25) is 10.0 Å². The van der Waals surface area contributed by atoms with Gasteiger partial charge < -0.3 is 10.1 Å². The van der Waals surface area contributed by atoms with Crippen molar-refractivity contribution in [3.63, 3.8) is 0 Å². The van der Waals surface area contributed by atoms with Gasteiger partial charge in [0.05, 0.1) is 21.2 Å². The first-order valence-corrected chi connectivity index (χ1v) is 9.70. The molecule has 2 aromatic carbocycles. The highest BCUT2D eigenvalue weighted by Gasteiger charge is 2.29. The van der Waals surface area contributed by atoms with E-state index in [-0.39, 0.29) is 31.9 Å². The zero-order valence-corrected chi connectivity index (χ0v) is 16.4. The summed E-state index contributed by atoms with van der Waals surface area (Å²) in [5.74, 6) is -1.14. The van der Waals surface area contributed by atoms with Gasteiger partial charge in [-0.15, -0.1) is 0 Å². The van der Waals surface area contributed by atoms with Crippen LogP contribution in [-0.2, 0) is 10.0 Å². The van der Waals surface area contributed by atoms with Crippen molar-refractivity contribution in [1.82, 2.24) is 4.72 Å². The first kappa shape index (κ1) is 22.3. The molecule has 0 atom stereocenters. The van der Waals surface area contributed by atoms with Crippen LogP contribution in [0.15, 0.2) is 41.3 Å². The molecule has 2 N–H and O–H groups in total. The van der Waals surface area contributed by atoms with E-state index >= 15 is 0 Å². The Morgan fingerprint density at radius 3 is 2.43 bits per heavy atom. The van der Waals surface area contributed by atoms with Crippen LogP contribution in [0, 0.1) is 0 Å². The third kappa shape index (κ3) is 5.74. The Kier molecular flexibility index (Phi) is 6.81. The monoisotopic (exact) mass is 456 g/mol. The lowest BCUT2D eigenvalue weighted by molar-refractivity contribution is -0.153. The van der Waals surface area contributed by atoms with Crippen molar-refractivity contribution >= 4 is 44.8 Å². The minimum absolute atomic E-state index is 0.0626. The number of hydrogen-bond donors (Lipinski definition) is 2. The van der Waals surface area contributed by atoms with Gasteiger partial charge in [-0.05, 0) is 43.4 Å². The van der Waals surface area contributed by atoms with E-state index in [9.17, 15) is 26.4 Å². The van der Waals surface area contributed by atoms with Crippen molar-refractivity contribution in [2.45, 2.75) is 11.1 Å². The maximum Gasteiger partial charge on any atom is 0.422 e. The van der Waals surface area contributed by atoms with Crippen LogP contribution in [0.4, 0.5) is 18.9 Å². The molecule has 152 valence electrons. The van der Waals surface area contributed by atoms with Gasteiger partial charge in [-0.25, -0.2) is 13.1 Å². The second kappa shape index (κ2) is 8.56. The van der Waals surface area contributed by atoms with Crippen molar-refractivity contribution in [2.75, 3.05) is 19.0 Å². The fraction of sp³-hybridized carbons (Fsp3) is 0.188. The van der Waals surface area contributed by atoms with Crippen LogP contribution < -0.4 is 14.8 Å². The van der Waals surface area contributed by atoms with Crippen LogP contribution in [0.3, 0.4) is 0 Å². The number of benzene rings is 2. The Morgan fingerprint density at radius 2 is 1.82 bits per heavy atom. The third-order valence-electron chi connectivity index (χ3n) is 3.34. The van der Waals surface area contributed by atoms with Crippen LogP contribution in [-0.4, -0.2) is 34.2 Å². The summed E-state index contributed by atoms with van der Waals surface area (Å²) in [5.41, 5.74) is -0.348. The molecule has 28 heavy (non-hydrogen) atoms. The number of nitrogens with one attached hydrogen (secondary N) is 2. The van der Waals surface area contributed by atoms with Crippen LogP contribution >= 0.6 is 23.2 Å². The van der Waals surface area contributed by atoms with E-state index in [0.717, 1.165) is 12.1 Å². The minimum atomic E-state index is -4.58. The quantitative estimate of drug-likeness (QED) is 0.685. The lowest BCUT2D eigenvalue weighted by atomic mass is 10.2. The van der Waals surface area contributed by atoms with Gasteiger partial charge in [0, 0.05) is 5.02 Å². The number of alkyl halides is 3.